The fraction of sp³-hybridized carbons (Fsp3) is 0. The molecule has 0 aliphatic rings. The molecule has 1 aromatic heterocycles. The van der Waals surface area contributed by atoms with Crippen molar-refractivity contribution in [1.82, 2.24) is 0 Å². The first-order chi connectivity index (χ1) is 25.3. The Bertz CT molecular complexity index is 3130. The third-order valence-corrected chi connectivity index (χ3v) is 10.8. The van der Waals surface area contributed by atoms with Crippen LogP contribution < -0.4 is 0 Å². The minimum Gasteiger partial charge on any atom is -0.456 e. The molecule has 10 aromatic carbocycles. The second-order valence-electron chi connectivity index (χ2n) is 13.6. The van der Waals surface area contributed by atoms with Gasteiger partial charge in [0.25, 0.3) is 0 Å². The smallest absolute Gasteiger partial charge is 0.136 e. The van der Waals surface area contributed by atoms with Gasteiger partial charge in [-0.3, -0.25) is 0 Å². The van der Waals surface area contributed by atoms with Crippen LogP contribution >= 0.6 is 0 Å². The zero-order chi connectivity index (χ0) is 33.5. The maximum absolute atomic E-state index is 6.59. The van der Waals surface area contributed by atoms with Gasteiger partial charge in [-0.2, -0.15) is 0 Å². The second kappa shape index (κ2) is 10.9. The number of fused-ring (bicyclic) bond motifs is 10. The highest BCUT2D eigenvalue weighted by atomic mass is 16.3. The van der Waals surface area contributed by atoms with Gasteiger partial charge in [-0.25, -0.2) is 0 Å². The van der Waals surface area contributed by atoms with Gasteiger partial charge in [-0.05, 0) is 105 Å². The van der Waals surface area contributed by atoms with Crippen LogP contribution in [0.1, 0.15) is 1.43 Å². The molecule has 0 saturated carbocycles. The van der Waals surface area contributed by atoms with E-state index in [9.17, 15) is 0 Å². The molecule has 0 unspecified atom stereocenters. The molecule has 11 aromatic rings. The Morgan fingerprint density at radius 1 is 0.294 bits per heavy atom. The highest BCUT2D eigenvalue weighted by Crippen LogP contribution is 2.46. The Morgan fingerprint density at radius 3 is 1.45 bits per heavy atom. The number of hydrogen-bond donors (Lipinski definition) is 0. The van der Waals surface area contributed by atoms with Gasteiger partial charge in [-0.15, -0.1) is 0 Å². The second-order valence-corrected chi connectivity index (χ2v) is 13.6. The Morgan fingerprint density at radius 2 is 0.765 bits per heavy atom. The third kappa shape index (κ3) is 4.22. The lowest BCUT2D eigenvalue weighted by molar-refractivity contribution is 0.669. The third-order valence-electron chi connectivity index (χ3n) is 10.8. The summed E-state index contributed by atoms with van der Waals surface area (Å²) < 4.78 is 6.59. The zero-order valence-corrected chi connectivity index (χ0v) is 27.7. The summed E-state index contributed by atoms with van der Waals surface area (Å²) in [4.78, 5) is 0. The Kier molecular flexibility index (Phi) is 6.02. The van der Waals surface area contributed by atoms with Gasteiger partial charge in [0.15, 0.2) is 0 Å². The minimum absolute atomic E-state index is 0. The van der Waals surface area contributed by atoms with Crippen molar-refractivity contribution in [3.05, 3.63) is 182 Å². The molecule has 1 nitrogen and oxygen atoms in total. The first-order valence-corrected chi connectivity index (χ1v) is 17.6. The highest BCUT2D eigenvalue weighted by Gasteiger charge is 2.19. The van der Waals surface area contributed by atoms with Gasteiger partial charge in [-0.1, -0.05) is 164 Å². The Balaban J connectivity index is 0.00000338. The van der Waals surface area contributed by atoms with E-state index < -0.39 is 0 Å². The van der Waals surface area contributed by atoms with Crippen molar-refractivity contribution in [2.24, 2.45) is 0 Å². The van der Waals surface area contributed by atoms with Crippen molar-refractivity contribution in [2.45, 2.75) is 0 Å². The summed E-state index contributed by atoms with van der Waals surface area (Å²) in [5.74, 6) is 0. The van der Waals surface area contributed by atoms with Crippen molar-refractivity contribution in [3.63, 3.8) is 0 Å². The van der Waals surface area contributed by atoms with Crippen LogP contribution in [0.4, 0.5) is 0 Å². The quantitative estimate of drug-likeness (QED) is 0.174. The lowest BCUT2D eigenvalue weighted by Gasteiger charge is -2.18. The van der Waals surface area contributed by atoms with Crippen molar-refractivity contribution in [1.29, 1.82) is 0 Å². The monoisotopic (exact) mass is 648 g/mol. The van der Waals surface area contributed by atoms with E-state index in [1.807, 2.05) is 0 Å². The molecule has 0 aliphatic heterocycles. The van der Waals surface area contributed by atoms with Crippen LogP contribution in [0.3, 0.4) is 0 Å². The predicted octanol–water partition coefficient (Wildman–Crippen LogP) is 14.6. The molecule has 1 heteroatoms. The lowest BCUT2D eigenvalue weighted by Crippen LogP contribution is -1.91. The maximum atomic E-state index is 6.59. The van der Waals surface area contributed by atoms with Gasteiger partial charge >= 0.3 is 0 Å². The lowest BCUT2D eigenvalue weighted by atomic mass is 9.85. The molecule has 0 saturated heterocycles. The van der Waals surface area contributed by atoms with Crippen LogP contribution in [-0.4, -0.2) is 0 Å². The minimum atomic E-state index is 0. The fourth-order valence-corrected chi connectivity index (χ4v) is 8.55. The largest absolute Gasteiger partial charge is 0.456 e. The fourth-order valence-electron chi connectivity index (χ4n) is 8.55. The van der Waals surface area contributed by atoms with E-state index in [-0.39, 0.29) is 1.43 Å². The molecule has 51 heavy (non-hydrogen) atoms. The molecule has 0 fully saturated rings. The van der Waals surface area contributed by atoms with Crippen LogP contribution in [0.2, 0.25) is 0 Å². The first kappa shape index (κ1) is 28.2. The number of furan rings is 1. The van der Waals surface area contributed by atoms with E-state index >= 15 is 0 Å². The summed E-state index contributed by atoms with van der Waals surface area (Å²) in [6.07, 6.45) is 0. The van der Waals surface area contributed by atoms with E-state index in [0.717, 1.165) is 11.2 Å². The molecular weight excluding hydrogens is 617 g/mol. The molecular formula is C50H32O. The molecule has 0 amide bonds. The molecule has 11 rings (SSSR count). The van der Waals surface area contributed by atoms with Gasteiger partial charge in [0.1, 0.15) is 11.2 Å². The average molecular weight is 649 g/mol. The van der Waals surface area contributed by atoms with Crippen molar-refractivity contribution >= 4 is 75.8 Å². The summed E-state index contributed by atoms with van der Waals surface area (Å²) in [5.41, 5.74) is 9.18. The summed E-state index contributed by atoms with van der Waals surface area (Å²) in [5, 5.41) is 14.8. The van der Waals surface area contributed by atoms with Crippen LogP contribution in [0.15, 0.2) is 186 Å². The highest BCUT2D eigenvalue weighted by molar-refractivity contribution is 6.28. The van der Waals surface area contributed by atoms with E-state index in [2.05, 4.69) is 182 Å². The summed E-state index contributed by atoms with van der Waals surface area (Å²) in [6.45, 7) is 0. The standard InChI is InChI=1S/C50H30O.H2/c1-2-13-35-29-36(26-21-31(35)11-1)48-42-19-9-7-17-40(42)47(41-18-8-10-20-43(41)48)34-24-22-33(23-25-34)44-30-46-50(39-16-6-5-15-38(39)44)49-37-14-4-3-12-32(37)27-28-45(49)51-46;/h1-30H;1H. The van der Waals surface area contributed by atoms with Gasteiger partial charge in [0.2, 0.25) is 0 Å². The van der Waals surface area contributed by atoms with E-state index in [0.29, 0.717) is 0 Å². The summed E-state index contributed by atoms with van der Waals surface area (Å²) in [6, 6.07) is 66.3. The van der Waals surface area contributed by atoms with Crippen molar-refractivity contribution in [3.8, 4) is 33.4 Å². The van der Waals surface area contributed by atoms with Gasteiger partial charge < -0.3 is 4.42 Å². The molecule has 0 aliphatic carbocycles. The van der Waals surface area contributed by atoms with E-state index in [4.69, 9.17) is 4.42 Å². The SMILES string of the molecule is [HH].c1ccc2cc(-c3c4ccccc4c(-c4ccc(-c5cc6oc7ccc8ccccc8c7c6c6ccccc56)cc4)c4ccccc34)ccc2c1. The Labute approximate surface area is 296 Å². The molecule has 0 bridgehead atoms. The zero-order valence-electron chi connectivity index (χ0n) is 27.7. The molecule has 0 spiro atoms. The topological polar surface area (TPSA) is 13.1 Å². The van der Waals surface area contributed by atoms with E-state index in [1.165, 1.54) is 98.0 Å². The van der Waals surface area contributed by atoms with Crippen molar-refractivity contribution in [2.75, 3.05) is 0 Å². The van der Waals surface area contributed by atoms with Gasteiger partial charge in [0.05, 0.1) is 0 Å². The van der Waals surface area contributed by atoms with Crippen LogP contribution in [0.5, 0.6) is 0 Å². The first-order valence-electron chi connectivity index (χ1n) is 17.6. The summed E-state index contributed by atoms with van der Waals surface area (Å²) >= 11 is 0. The normalized spacial score (nSPS) is 11.9. The summed E-state index contributed by atoms with van der Waals surface area (Å²) in [7, 11) is 0. The molecule has 0 atom stereocenters. The van der Waals surface area contributed by atoms with Crippen LogP contribution in [-0.2, 0) is 0 Å². The van der Waals surface area contributed by atoms with E-state index in [1.54, 1.807) is 0 Å². The molecule has 238 valence electrons. The number of benzene rings is 10. The molecule has 0 N–H and O–H groups in total. The average Bonchev–Trinajstić information content (AvgIpc) is 3.59. The number of rotatable bonds is 3. The number of hydrogen-bond acceptors (Lipinski definition) is 1. The van der Waals surface area contributed by atoms with Gasteiger partial charge in [0, 0.05) is 12.2 Å². The predicted molar refractivity (Wildman–Crippen MR) is 220 cm³/mol. The van der Waals surface area contributed by atoms with Crippen LogP contribution in [0.25, 0.3) is 109 Å². The molecule has 0 radical (unpaired) electrons. The maximum Gasteiger partial charge on any atom is 0.136 e. The van der Waals surface area contributed by atoms with Crippen LogP contribution in [0, 0.1) is 0 Å². The molecule has 1 heterocycles. The van der Waals surface area contributed by atoms with Crippen molar-refractivity contribution < 1.29 is 5.84 Å². The Hall–Kier alpha value is -6.70.